The molecule has 0 aliphatic heterocycles. The molecule has 0 radical (unpaired) electrons. The Morgan fingerprint density at radius 2 is 2.00 bits per heavy atom. The maximum atomic E-state index is 12.0. The zero-order valence-electron chi connectivity index (χ0n) is 15.1. The molecule has 1 aromatic rings. The minimum absolute atomic E-state index is 0.0669. The fourth-order valence-corrected chi connectivity index (χ4v) is 2.30. The topological polar surface area (TPSA) is 75.6 Å². The summed E-state index contributed by atoms with van der Waals surface area (Å²) in [6, 6.07) is 0. The number of carbonyl (C=O) groups is 1. The number of hydrogen-bond acceptors (Lipinski definition) is 5. The number of aromatic nitrogens is 2. The van der Waals surface area contributed by atoms with Crippen LogP contribution in [0.25, 0.3) is 0 Å². The molecule has 6 heteroatoms. The van der Waals surface area contributed by atoms with Crippen molar-refractivity contribution in [3.05, 3.63) is 23.3 Å². The lowest BCUT2D eigenvalue weighted by Crippen LogP contribution is -2.35. The van der Waals surface area contributed by atoms with Crippen molar-refractivity contribution in [2.75, 3.05) is 20.2 Å². The number of amides is 1. The van der Waals surface area contributed by atoms with Crippen molar-refractivity contribution in [2.24, 2.45) is 0 Å². The van der Waals surface area contributed by atoms with Crippen LogP contribution in [0.3, 0.4) is 0 Å². The number of hydrogen-bond donors (Lipinski definition) is 1. The Morgan fingerprint density at radius 1 is 1.35 bits per heavy atom. The summed E-state index contributed by atoms with van der Waals surface area (Å²) in [5.41, 5.74) is 2.12. The Bertz CT molecular complexity index is 526. The zero-order valence-corrected chi connectivity index (χ0v) is 15.1. The molecule has 1 amide bonds. The highest BCUT2D eigenvalue weighted by atomic mass is 16.6. The van der Waals surface area contributed by atoms with Gasteiger partial charge in [-0.2, -0.15) is 0 Å². The summed E-state index contributed by atoms with van der Waals surface area (Å²) >= 11 is 0. The molecular weight excluding hydrogens is 294 g/mol. The van der Waals surface area contributed by atoms with Gasteiger partial charge in [0, 0.05) is 32.3 Å². The van der Waals surface area contributed by atoms with E-state index in [1.165, 1.54) is 0 Å². The SMILES string of the molecule is Cc1cnc(C)c([C@H](CCO)CCN(C)C(=O)OC(C)(C)C)n1. The van der Waals surface area contributed by atoms with Crippen LogP contribution in [0.4, 0.5) is 4.79 Å². The Balaban J connectivity index is 2.73. The van der Waals surface area contributed by atoms with E-state index in [0.29, 0.717) is 19.4 Å². The van der Waals surface area contributed by atoms with Crippen LogP contribution in [0.5, 0.6) is 0 Å². The lowest BCUT2D eigenvalue weighted by molar-refractivity contribution is 0.0293. The summed E-state index contributed by atoms with van der Waals surface area (Å²) in [4.78, 5) is 22.5. The van der Waals surface area contributed by atoms with Crippen LogP contribution in [0.15, 0.2) is 6.20 Å². The first-order valence-corrected chi connectivity index (χ1v) is 7.99. The van der Waals surface area contributed by atoms with Gasteiger partial charge in [0.25, 0.3) is 0 Å². The minimum atomic E-state index is -0.506. The van der Waals surface area contributed by atoms with E-state index in [4.69, 9.17) is 4.74 Å². The second-order valence-electron chi connectivity index (χ2n) is 6.88. The van der Waals surface area contributed by atoms with E-state index in [1.807, 2.05) is 34.6 Å². The van der Waals surface area contributed by atoms with Crippen molar-refractivity contribution in [2.45, 2.75) is 59.0 Å². The number of aliphatic hydroxyl groups is 1. The smallest absolute Gasteiger partial charge is 0.410 e. The predicted octanol–water partition coefficient (Wildman–Crippen LogP) is 2.82. The third-order valence-corrected chi connectivity index (χ3v) is 3.49. The van der Waals surface area contributed by atoms with E-state index in [1.54, 1.807) is 18.1 Å². The normalized spacial score (nSPS) is 12.8. The average molecular weight is 323 g/mol. The minimum Gasteiger partial charge on any atom is -0.444 e. The molecule has 1 N–H and O–H groups in total. The Kier molecular flexibility index (Phi) is 6.94. The van der Waals surface area contributed by atoms with Crippen LogP contribution in [0, 0.1) is 13.8 Å². The van der Waals surface area contributed by atoms with Crippen molar-refractivity contribution >= 4 is 6.09 Å². The number of nitrogens with zero attached hydrogens (tertiary/aromatic N) is 3. The predicted molar refractivity (Wildman–Crippen MR) is 89.4 cm³/mol. The molecule has 0 aliphatic carbocycles. The molecule has 0 saturated carbocycles. The zero-order chi connectivity index (χ0) is 17.6. The first-order valence-electron chi connectivity index (χ1n) is 7.99. The van der Waals surface area contributed by atoms with E-state index in [2.05, 4.69) is 9.97 Å². The number of aliphatic hydroxyl groups excluding tert-OH is 1. The molecule has 0 unspecified atom stereocenters. The second kappa shape index (κ2) is 8.24. The summed E-state index contributed by atoms with van der Waals surface area (Å²) in [7, 11) is 1.72. The molecule has 23 heavy (non-hydrogen) atoms. The fraction of sp³-hybridized carbons (Fsp3) is 0.706. The Labute approximate surface area is 138 Å². The molecule has 0 aromatic carbocycles. The maximum absolute atomic E-state index is 12.0. The van der Waals surface area contributed by atoms with E-state index in [9.17, 15) is 9.90 Å². The summed E-state index contributed by atoms with van der Waals surface area (Å²) in [5, 5.41) is 9.33. The number of rotatable bonds is 6. The third kappa shape index (κ3) is 6.52. The van der Waals surface area contributed by atoms with E-state index in [-0.39, 0.29) is 18.6 Å². The molecule has 1 rings (SSSR count). The van der Waals surface area contributed by atoms with Gasteiger partial charge in [0.1, 0.15) is 5.60 Å². The molecule has 0 aliphatic rings. The van der Waals surface area contributed by atoms with Gasteiger partial charge >= 0.3 is 6.09 Å². The highest BCUT2D eigenvalue weighted by Crippen LogP contribution is 2.24. The number of carbonyl (C=O) groups excluding carboxylic acids is 1. The molecule has 0 saturated heterocycles. The van der Waals surface area contributed by atoms with E-state index < -0.39 is 5.60 Å². The molecule has 130 valence electrons. The summed E-state index contributed by atoms with van der Waals surface area (Å²) in [5.74, 6) is 0.0669. The van der Waals surface area contributed by atoms with Gasteiger partial charge in [-0.15, -0.1) is 0 Å². The van der Waals surface area contributed by atoms with E-state index >= 15 is 0 Å². The maximum Gasteiger partial charge on any atom is 0.410 e. The van der Waals surface area contributed by atoms with Crippen LogP contribution >= 0.6 is 0 Å². The van der Waals surface area contributed by atoms with E-state index in [0.717, 1.165) is 17.1 Å². The molecule has 6 nitrogen and oxygen atoms in total. The van der Waals surface area contributed by atoms with Gasteiger partial charge in [0.05, 0.1) is 17.1 Å². The molecule has 1 atom stereocenters. The summed E-state index contributed by atoms with van der Waals surface area (Å²) < 4.78 is 5.35. The van der Waals surface area contributed by atoms with Crippen molar-refractivity contribution in [3.63, 3.8) is 0 Å². The van der Waals surface area contributed by atoms with Crippen LogP contribution in [-0.4, -0.2) is 51.9 Å². The van der Waals surface area contributed by atoms with Gasteiger partial charge in [-0.05, 0) is 47.5 Å². The molecular formula is C17H29N3O3. The van der Waals surface area contributed by atoms with Gasteiger partial charge in [-0.25, -0.2) is 4.79 Å². The van der Waals surface area contributed by atoms with Crippen molar-refractivity contribution in [3.8, 4) is 0 Å². The van der Waals surface area contributed by atoms with Gasteiger partial charge in [0.15, 0.2) is 0 Å². The Morgan fingerprint density at radius 3 is 2.57 bits per heavy atom. The lowest BCUT2D eigenvalue weighted by atomic mass is 9.95. The second-order valence-corrected chi connectivity index (χ2v) is 6.88. The summed E-state index contributed by atoms with van der Waals surface area (Å²) in [6.45, 7) is 9.98. The van der Waals surface area contributed by atoms with Crippen molar-refractivity contribution in [1.82, 2.24) is 14.9 Å². The van der Waals surface area contributed by atoms with Crippen LogP contribution in [0.1, 0.15) is 56.6 Å². The lowest BCUT2D eigenvalue weighted by Gasteiger charge is -2.26. The van der Waals surface area contributed by atoms with Crippen LogP contribution in [-0.2, 0) is 4.74 Å². The quantitative estimate of drug-likeness (QED) is 0.871. The summed E-state index contributed by atoms with van der Waals surface area (Å²) in [6.07, 6.45) is 2.70. The largest absolute Gasteiger partial charge is 0.444 e. The Hall–Kier alpha value is -1.69. The average Bonchev–Trinajstić information content (AvgIpc) is 2.44. The third-order valence-electron chi connectivity index (χ3n) is 3.49. The first-order chi connectivity index (χ1) is 10.6. The molecule has 1 aromatic heterocycles. The monoisotopic (exact) mass is 323 g/mol. The highest BCUT2D eigenvalue weighted by molar-refractivity contribution is 5.67. The first kappa shape index (κ1) is 19.4. The van der Waals surface area contributed by atoms with Crippen molar-refractivity contribution in [1.29, 1.82) is 0 Å². The van der Waals surface area contributed by atoms with Gasteiger partial charge < -0.3 is 14.7 Å². The molecule has 1 heterocycles. The standard InChI is InChI=1S/C17H29N3O3/c1-12-11-18-13(2)15(19-12)14(8-10-21)7-9-20(6)16(22)23-17(3,4)5/h11,14,21H,7-10H2,1-6H3/t14-/m0/s1. The highest BCUT2D eigenvalue weighted by Gasteiger charge is 2.22. The fourth-order valence-electron chi connectivity index (χ4n) is 2.30. The van der Waals surface area contributed by atoms with Gasteiger partial charge in [-0.1, -0.05) is 0 Å². The van der Waals surface area contributed by atoms with Gasteiger partial charge in [0.2, 0.25) is 0 Å². The van der Waals surface area contributed by atoms with Crippen LogP contribution < -0.4 is 0 Å². The molecule has 0 bridgehead atoms. The van der Waals surface area contributed by atoms with Crippen molar-refractivity contribution < 1.29 is 14.6 Å². The van der Waals surface area contributed by atoms with Gasteiger partial charge in [-0.3, -0.25) is 9.97 Å². The molecule has 0 fully saturated rings. The molecule has 0 spiro atoms. The number of ether oxygens (including phenoxy) is 1. The van der Waals surface area contributed by atoms with Crippen LogP contribution in [0.2, 0.25) is 0 Å². The number of aryl methyl sites for hydroxylation is 2.